The van der Waals surface area contributed by atoms with Crippen LogP contribution in [0.3, 0.4) is 0 Å². The predicted octanol–water partition coefficient (Wildman–Crippen LogP) is 6.03. The molecule has 0 fully saturated rings. The Morgan fingerprint density at radius 2 is 1.43 bits per heavy atom. The Bertz CT molecular complexity index is 796. The molecule has 0 bridgehead atoms. The molecular formula is C21H18ClN. The van der Waals surface area contributed by atoms with Gasteiger partial charge >= 0.3 is 0 Å². The van der Waals surface area contributed by atoms with Crippen LogP contribution in [-0.4, -0.2) is 0 Å². The third kappa shape index (κ3) is 2.85. The molecule has 1 aliphatic heterocycles. The number of hydrogen-bond donors (Lipinski definition) is 1. The van der Waals surface area contributed by atoms with E-state index in [4.69, 9.17) is 11.6 Å². The molecule has 1 aliphatic rings. The topological polar surface area (TPSA) is 12.0 Å². The second kappa shape index (κ2) is 6.10. The van der Waals surface area contributed by atoms with Gasteiger partial charge in [0.05, 0.1) is 6.04 Å². The summed E-state index contributed by atoms with van der Waals surface area (Å²) < 4.78 is 0. The molecule has 0 aliphatic carbocycles. The maximum atomic E-state index is 6.06. The van der Waals surface area contributed by atoms with Crippen molar-refractivity contribution in [3.05, 3.63) is 101 Å². The minimum absolute atomic E-state index is 0.326. The summed E-state index contributed by atoms with van der Waals surface area (Å²) in [5, 5.41) is 4.49. The Kier molecular flexibility index (Phi) is 3.80. The third-order valence-corrected chi connectivity index (χ3v) is 4.86. The molecule has 1 unspecified atom stereocenters. The molecule has 0 aromatic heterocycles. The lowest BCUT2D eigenvalue weighted by molar-refractivity contribution is 0.603. The second-order valence-electron chi connectivity index (χ2n) is 6.03. The average Bonchev–Trinajstić information content (AvgIpc) is 2.62. The van der Waals surface area contributed by atoms with E-state index in [-0.39, 0.29) is 0 Å². The molecule has 1 N–H and O–H groups in total. The molecule has 0 amide bonds. The molecule has 114 valence electrons. The van der Waals surface area contributed by atoms with E-state index in [1.165, 1.54) is 22.4 Å². The first kappa shape index (κ1) is 14.3. The summed E-state index contributed by atoms with van der Waals surface area (Å²) >= 11 is 6.06. The molecule has 3 aromatic rings. The van der Waals surface area contributed by atoms with Crippen molar-refractivity contribution < 1.29 is 0 Å². The number of anilines is 1. The van der Waals surface area contributed by atoms with E-state index < -0.39 is 0 Å². The Labute approximate surface area is 141 Å². The first-order chi connectivity index (χ1) is 11.3. The first-order valence-electron chi connectivity index (χ1n) is 7.97. The summed E-state index contributed by atoms with van der Waals surface area (Å²) in [5.41, 5.74) is 5.25. The van der Waals surface area contributed by atoms with Gasteiger partial charge in [-0.1, -0.05) is 72.3 Å². The van der Waals surface area contributed by atoms with Crippen molar-refractivity contribution in [1.29, 1.82) is 0 Å². The van der Waals surface area contributed by atoms with Crippen molar-refractivity contribution in [3.8, 4) is 0 Å². The molecule has 23 heavy (non-hydrogen) atoms. The van der Waals surface area contributed by atoms with Crippen LogP contribution >= 0.6 is 11.6 Å². The van der Waals surface area contributed by atoms with Crippen molar-refractivity contribution in [2.75, 3.05) is 5.32 Å². The fourth-order valence-electron chi connectivity index (χ4n) is 3.46. The number of fused-ring (bicyclic) bond motifs is 1. The number of para-hydroxylation sites is 1. The molecule has 4 rings (SSSR count). The van der Waals surface area contributed by atoms with E-state index >= 15 is 0 Å². The molecule has 2 heteroatoms. The largest absolute Gasteiger partial charge is 0.378 e. The van der Waals surface area contributed by atoms with Gasteiger partial charge in [0.25, 0.3) is 0 Å². The smallest absolute Gasteiger partial charge is 0.0523 e. The molecule has 0 saturated heterocycles. The molecule has 2 atom stereocenters. The lowest BCUT2D eigenvalue weighted by Crippen LogP contribution is -2.22. The zero-order chi connectivity index (χ0) is 15.6. The number of nitrogens with one attached hydrogen (secondary N) is 1. The number of benzene rings is 3. The van der Waals surface area contributed by atoms with Crippen LogP contribution in [0.2, 0.25) is 5.02 Å². The van der Waals surface area contributed by atoms with Crippen LogP contribution in [0.5, 0.6) is 0 Å². The van der Waals surface area contributed by atoms with E-state index in [1.807, 2.05) is 12.1 Å². The highest BCUT2D eigenvalue weighted by Gasteiger charge is 2.28. The first-order valence-corrected chi connectivity index (χ1v) is 8.35. The van der Waals surface area contributed by atoms with E-state index in [0.717, 1.165) is 11.4 Å². The van der Waals surface area contributed by atoms with Gasteiger partial charge in [0.2, 0.25) is 0 Å². The van der Waals surface area contributed by atoms with Gasteiger partial charge in [-0.2, -0.15) is 0 Å². The molecule has 3 aromatic carbocycles. The Morgan fingerprint density at radius 1 is 0.739 bits per heavy atom. The molecule has 1 heterocycles. The summed E-state index contributed by atoms with van der Waals surface area (Å²) in [6, 6.07) is 27.9. The summed E-state index contributed by atoms with van der Waals surface area (Å²) in [6.45, 7) is 0. The molecule has 0 spiro atoms. The normalized spacial score (nSPS) is 19.7. The fraction of sp³-hybridized carbons (Fsp3) is 0.143. The van der Waals surface area contributed by atoms with Gasteiger partial charge in [-0.15, -0.1) is 0 Å². The zero-order valence-electron chi connectivity index (χ0n) is 12.7. The molecular weight excluding hydrogens is 302 g/mol. The molecule has 0 saturated carbocycles. The van der Waals surface area contributed by atoms with Gasteiger partial charge < -0.3 is 5.32 Å². The van der Waals surface area contributed by atoms with Crippen LogP contribution in [0, 0.1) is 0 Å². The fourth-order valence-corrected chi connectivity index (χ4v) is 3.58. The van der Waals surface area contributed by atoms with Crippen LogP contribution in [-0.2, 0) is 0 Å². The molecule has 0 radical (unpaired) electrons. The lowest BCUT2D eigenvalue weighted by atomic mass is 9.80. The van der Waals surface area contributed by atoms with Crippen LogP contribution in [0.25, 0.3) is 0 Å². The van der Waals surface area contributed by atoms with E-state index in [1.54, 1.807) is 0 Å². The van der Waals surface area contributed by atoms with Crippen molar-refractivity contribution in [3.63, 3.8) is 0 Å². The molecule has 1 nitrogen and oxygen atoms in total. The van der Waals surface area contributed by atoms with Crippen LogP contribution in [0.15, 0.2) is 78.9 Å². The van der Waals surface area contributed by atoms with E-state index in [0.29, 0.717) is 12.0 Å². The Balaban J connectivity index is 1.76. The number of hydrogen-bond acceptors (Lipinski definition) is 1. The zero-order valence-corrected chi connectivity index (χ0v) is 13.5. The van der Waals surface area contributed by atoms with Gasteiger partial charge in [0, 0.05) is 16.6 Å². The van der Waals surface area contributed by atoms with E-state index in [9.17, 15) is 0 Å². The maximum Gasteiger partial charge on any atom is 0.0523 e. The van der Waals surface area contributed by atoms with Crippen molar-refractivity contribution in [2.45, 2.75) is 18.4 Å². The predicted molar refractivity (Wildman–Crippen MR) is 97.2 cm³/mol. The monoisotopic (exact) mass is 319 g/mol. The highest BCUT2D eigenvalue weighted by atomic mass is 35.5. The van der Waals surface area contributed by atoms with Gasteiger partial charge in [-0.05, 0) is 41.3 Å². The summed E-state index contributed by atoms with van der Waals surface area (Å²) in [4.78, 5) is 0. The van der Waals surface area contributed by atoms with E-state index in [2.05, 4.69) is 72.0 Å². The minimum atomic E-state index is 0.326. The van der Waals surface area contributed by atoms with Gasteiger partial charge in [-0.25, -0.2) is 0 Å². The maximum absolute atomic E-state index is 6.06. The number of rotatable bonds is 2. The Morgan fingerprint density at radius 3 is 2.22 bits per heavy atom. The highest BCUT2D eigenvalue weighted by Crippen LogP contribution is 2.43. The van der Waals surface area contributed by atoms with Crippen molar-refractivity contribution in [2.24, 2.45) is 0 Å². The van der Waals surface area contributed by atoms with Gasteiger partial charge in [0.15, 0.2) is 0 Å². The van der Waals surface area contributed by atoms with Gasteiger partial charge in [0.1, 0.15) is 0 Å². The lowest BCUT2D eigenvalue weighted by Gasteiger charge is -2.34. The highest BCUT2D eigenvalue weighted by molar-refractivity contribution is 6.30. The standard InChI is InChI=1S/C21H18ClN/c22-17-12-10-15(11-13-17)19-14-21(16-6-2-1-3-7-16)23-20-9-5-4-8-18(19)20/h1-13,19,21,23H,14H2/t19?,21-/m0/s1. The summed E-state index contributed by atoms with van der Waals surface area (Å²) in [5.74, 6) is 0.384. The van der Waals surface area contributed by atoms with Crippen LogP contribution in [0.4, 0.5) is 5.69 Å². The van der Waals surface area contributed by atoms with Crippen LogP contribution in [0.1, 0.15) is 35.1 Å². The quantitative estimate of drug-likeness (QED) is 0.608. The van der Waals surface area contributed by atoms with Gasteiger partial charge in [-0.3, -0.25) is 0 Å². The number of halogens is 1. The van der Waals surface area contributed by atoms with Crippen molar-refractivity contribution in [1.82, 2.24) is 0 Å². The van der Waals surface area contributed by atoms with Crippen molar-refractivity contribution >= 4 is 17.3 Å². The minimum Gasteiger partial charge on any atom is -0.378 e. The summed E-state index contributed by atoms with van der Waals surface area (Å²) in [6.07, 6.45) is 1.04. The second-order valence-corrected chi connectivity index (χ2v) is 6.47. The third-order valence-electron chi connectivity index (χ3n) is 4.61. The SMILES string of the molecule is Clc1ccc(C2C[C@@H](c3ccccc3)Nc3ccccc32)cc1. The van der Waals surface area contributed by atoms with Crippen LogP contribution < -0.4 is 5.32 Å². The summed E-state index contributed by atoms with van der Waals surface area (Å²) in [7, 11) is 0. The Hall–Kier alpha value is -2.25. The average molecular weight is 320 g/mol.